The molecule has 0 spiro atoms. The molecule has 0 fully saturated rings. The van der Waals surface area contributed by atoms with Gasteiger partial charge in [0.25, 0.3) is 0 Å². The van der Waals surface area contributed by atoms with E-state index < -0.39 is 0 Å². The van der Waals surface area contributed by atoms with Gasteiger partial charge in [0.2, 0.25) is 0 Å². The third-order valence-electron chi connectivity index (χ3n) is 1.73. The maximum Gasteiger partial charge on any atom is 0.142 e. The van der Waals surface area contributed by atoms with E-state index >= 15 is 0 Å². The maximum atomic E-state index is 10.3. The molecule has 4 heteroatoms. The van der Waals surface area contributed by atoms with Crippen molar-refractivity contribution in [2.24, 2.45) is 0 Å². The van der Waals surface area contributed by atoms with Crippen molar-refractivity contribution >= 4 is 17.6 Å². The van der Waals surface area contributed by atoms with Crippen LogP contribution in [0.15, 0.2) is 29.8 Å². The molecule has 2 aromatic rings. The number of aldehydes is 1. The zero-order valence-corrected chi connectivity index (χ0v) is 8.20. The van der Waals surface area contributed by atoms with E-state index in [-0.39, 0.29) is 0 Å². The molecule has 0 bridgehead atoms. The second kappa shape index (κ2) is 4.11. The van der Waals surface area contributed by atoms with Crippen molar-refractivity contribution in [2.45, 2.75) is 6.42 Å². The lowest BCUT2D eigenvalue weighted by atomic mass is 10.3. The molecule has 14 heavy (non-hydrogen) atoms. The summed E-state index contributed by atoms with van der Waals surface area (Å²) in [5, 5.41) is 2.75. The molecule has 3 nitrogen and oxygen atoms in total. The van der Waals surface area contributed by atoms with Crippen molar-refractivity contribution in [3.05, 3.63) is 35.5 Å². The zero-order valence-electron chi connectivity index (χ0n) is 7.38. The summed E-state index contributed by atoms with van der Waals surface area (Å²) >= 11 is 1.51. The van der Waals surface area contributed by atoms with E-state index in [1.807, 2.05) is 23.6 Å². The summed E-state index contributed by atoms with van der Waals surface area (Å²) in [7, 11) is 0. The van der Waals surface area contributed by atoms with Gasteiger partial charge in [0.15, 0.2) is 0 Å². The van der Waals surface area contributed by atoms with E-state index in [4.69, 9.17) is 0 Å². The van der Waals surface area contributed by atoms with Crippen LogP contribution >= 0.6 is 11.3 Å². The van der Waals surface area contributed by atoms with Crippen molar-refractivity contribution in [3.63, 3.8) is 0 Å². The van der Waals surface area contributed by atoms with E-state index in [0.717, 1.165) is 22.7 Å². The quantitative estimate of drug-likeness (QED) is 0.718. The molecule has 0 unspecified atom stereocenters. The smallest absolute Gasteiger partial charge is 0.142 e. The number of hydrogen-bond acceptors (Lipinski definition) is 4. The molecule has 0 N–H and O–H groups in total. The van der Waals surface area contributed by atoms with Crippen molar-refractivity contribution < 1.29 is 4.79 Å². The Kier molecular flexibility index (Phi) is 2.65. The standard InChI is InChI=1S/C10H8N2OS/c13-6-4-8-7-14-10(12-8)9-3-1-2-5-11-9/h1-3,5-7H,4H2. The van der Waals surface area contributed by atoms with E-state index in [9.17, 15) is 4.79 Å². The summed E-state index contributed by atoms with van der Waals surface area (Å²) in [6.45, 7) is 0. The van der Waals surface area contributed by atoms with Gasteiger partial charge in [0.1, 0.15) is 11.3 Å². The Hall–Kier alpha value is -1.55. The average Bonchev–Trinajstić information content (AvgIpc) is 2.68. The number of carbonyl (C=O) groups is 1. The highest BCUT2D eigenvalue weighted by atomic mass is 32.1. The van der Waals surface area contributed by atoms with Gasteiger partial charge in [0.05, 0.1) is 11.4 Å². The normalized spacial score (nSPS) is 10.0. The van der Waals surface area contributed by atoms with Crippen LogP contribution in [0.4, 0.5) is 0 Å². The fourth-order valence-corrected chi connectivity index (χ4v) is 1.90. The lowest BCUT2D eigenvalue weighted by molar-refractivity contribution is -0.107. The molecule has 0 saturated carbocycles. The van der Waals surface area contributed by atoms with Crippen LogP contribution in [0.2, 0.25) is 0 Å². The van der Waals surface area contributed by atoms with E-state index in [1.54, 1.807) is 6.20 Å². The molecule has 2 aromatic heterocycles. The molecule has 0 aliphatic heterocycles. The second-order valence-electron chi connectivity index (χ2n) is 2.73. The van der Waals surface area contributed by atoms with Crippen LogP contribution in [0, 0.1) is 0 Å². The fourth-order valence-electron chi connectivity index (χ4n) is 1.09. The first kappa shape index (κ1) is 9.02. The Balaban J connectivity index is 2.29. The van der Waals surface area contributed by atoms with Crippen LogP contribution in [-0.2, 0) is 11.2 Å². The van der Waals surface area contributed by atoms with Gasteiger partial charge >= 0.3 is 0 Å². The monoisotopic (exact) mass is 204 g/mol. The minimum absolute atomic E-state index is 0.378. The van der Waals surface area contributed by atoms with Gasteiger partial charge in [-0.05, 0) is 12.1 Å². The lowest BCUT2D eigenvalue weighted by Gasteiger charge is -1.91. The SMILES string of the molecule is O=CCc1csc(-c2ccccn2)n1. The molecule has 70 valence electrons. The average molecular weight is 204 g/mol. The number of aromatic nitrogens is 2. The topological polar surface area (TPSA) is 42.9 Å². The molecule has 0 aromatic carbocycles. The van der Waals surface area contributed by atoms with Crippen molar-refractivity contribution in [1.29, 1.82) is 0 Å². The molecular weight excluding hydrogens is 196 g/mol. The third kappa shape index (κ3) is 1.85. The number of thiazole rings is 1. The minimum Gasteiger partial charge on any atom is -0.303 e. The molecule has 0 aliphatic rings. The number of nitrogens with zero attached hydrogens (tertiary/aromatic N) is 2. The van der Waals surface area contributed by atoms with Crippen molar-refractivity contribution in [2.75, 3.05) is 0 Å². The Morgan fingerprint density at radius 1 is 1.43 bits per heavy atom. The van der Waals surface area contributed by atoms with Gasteiger partial charge in [-0.3, -0.25) is 4.98 Å². The van der Waals surface area contributed by atoms with Gasteiger partial charge in [-0.1, -0.05) is 6.07 Å². The predicted octanol–water partition coefficient (Wildman–Crippen LogP) is 1.95. The predicted molar refractivity (Wildman–Crippen MR) is 55.1 cm³/mol. The van der Waals surface area contributed by atoms with Crippen LogP contribution in [0.25, 0.3) is 10.7 Å². The lowest BCUT2D eigenvalue weighted by Crippen LogP contribution is -1.86. The molecule has 0 atom stereocenters. The number of rotatable bonds is 3. The molecular formula is C10H8N2OS. The second-order valence-corrected chi connectivity index (χ2v) is 3.59. The maximum absolute atomic E-state index is 10.3. The van der Waals surface area contributed by atoms with Crippen LogP contribution in [0.3, 0.4) is 0 Å². The summed E-state index contributed by atoms with van der Waals surface area (Å²) < 4.78 is 0. The molecule has 0 saturated heterocycles. The van der Waals surface area contributed by atoms with Crippen LogP contribution in [0.5, 0.6) is 0 Å². The van der Waals surface area contributed by atoms with Gasteiger partial charge in [0, 0.05) is 18.0 Å². The fraction of sp³-hybridized carbons (Fsp3) is 0.100. The Morgan fingerprint density at radius 3 is 3.07 bits per heavy atom. The summed E-state index contributed by atoms with van der Waals surface area (Å²) in [5.74, 6) is 0. The van der Waals surface area contributed by atoms with Crippen LogP contribution in [0.1, 0.15) is 5.69 Å². The van der Waals surface area contributed by atoms with Crippen molar-refractivity contribution in [1.82, 2.24) is 9.97 Å². The van der Waals surface area contributed by atoms with Crippen LogP contribution < -0.4 is 0 Å². The van der Waals surface area contributed by atoms with E-state index in [1.165, 1.54) is 11.3 Å². The largest absolute Gasteiger partial charge is 0.303 e. The Morgan fingerprint density at radius 2 is 2.36 bits per heavy atom. The van der Waals surface area contributed by atoms with E-state index in [0.29, 0.717) is 6.42 Å². The van der Waals surface area contributed by atoms with Gasteiger partial charge < -0.3 is 4.79 Å². The first-order chi connectivity index (χ1) is 6.90. The van der Waals surface area contributed by atoms with E-state index in [2.05, 4.69) is 9.97 Å². The molecule has 0 radical (unpaired) electrons. The Labute approximate surface area is 85.5 Å². The molecule has 0 aliphatic carbocycles. The summed E-state index contributed by atoms with van der Waals surface area (Å²) in [4.78, 5) is 18.7. The van der Waals surface area contributed by atoms with Gasteiger partial charge in [-0.15, -0.1) is 11.3 Å². The van der Waals surface area contributed by atoms with Crippen molar-refractivity contribution in [3.8, 4) is 10.7 Å². The summed E-state index contributed by atoms with van der Waals surface area (Å²) in [5.41, 5.74) is 1.67. The number of hydrogen-bond donors (Lipinski definition) is 0. The molecule has 2 heterocycles. The highest BCUT2D eigenvalue weighted by molar-refractivity contribution is 7.13. The minimum atomic E-state index is 0.378. The highest BCUT2D eigenvalue weighted by Gasteiger charge is 2.04. The van der Waals surface area contributed by atoms with Gasteiger partial charge in [-0.2, -0.15) is 0 Å². The highest BCUT2D eigenvalue weighted by Crippen LogP contribution is 2.20. The van der Waals surface area contributed by atoms with Gasteiger partial charge in [-0.25, -0.2) is 4.98 Å². The third-order valence-corrected chi connectivity index (χ3v) is 2.64. The Bertz CT molecular complexity index is 425. The summed E-state index contributed by atoms with van der Waals surface area (Å²) in [6.07, 6.45) is 2.97. The first-order valence-corrected chi connectivity index (χ1v) is 5.07. The summed E-state index contributed by atoms with van der Waals surface area (Å²) in [6, 6.07) is 5.69. The molecule has 2 rings (SSSR count). The number of carbonyl (C=O) groups excluding carboxylic acids is 1. The van der Waals surface area contributed by atoms with Crippen LogP contribution in [-0.4, -0.2) is 16.3 Å². The molecule has 0 amide bonds. The zero-order chi connectivity index (χ0) is 9.80. The number of pyridine rings is 1. The first-order valence-electron chi connectivity index (χ1n) is 4.19.